The molecule has 1 atom stereocenters. The molecule has 0 fully saturated rings. The summed E-state index contributed by atoms with van der Waals surface area (Å²) in [5, 5.41) is 0. The molecule has 0 saturated heterocycles. The lowest BCUT2D eigenvalue weighted by Crippen LogP contribution is -2.08. The number of benzene rings is 1. The Hall–Kier alpha value is -0.750. The van der Waals surface area contributed by atoms with Gasteiger partial charge in [0.05, 0.1) is 23.8 Å². The Morgan fingerprint density at radius 3 is 2.61 bits per heavy atom. The standard InChI is InChI=1S/C12H15BrO4S/c1-18(14,15)8-10(13)9-3-4-11-12(7-9)17-6-2-5-16-11/h3-4,7,10H,2,5-6,8H2,1H3. The lowest BCUT2D eigenvalue weighted by atomic mass is 10.1. The van der Waals surface area contributed by atoms with Crippen molar-refractivity contribution >= 4 is 25.8 Å². The smallest absolute Gasteiger partial charge is 0.161 e. The Labute approximate surface area is 115 Å². The zero-order valence-electron chi connectivity index (χ0n) is 10.1. The summed E-state index contributed by atoms with van der Waals surface area (Å²) in [6.45, 7) is 1.27. The Morgan fingerprint density at radius 2 is 1.94 bits per heavy atom. The molecular formula is C12H15BrO4S. The van der Waals surface area contributed by atoms with E-state index < -0.39 is 9.84 Å². The zero-order valence-corrected chi connectivity index (χ0v) is 12.5. The van der Waals surface area contributed by atoms with Crippen molar-refractivity contribution in [3.8, 4) is 11.5 Å². The quantitative estimate of drug-likeness (QED) is 0.796. The first-order valence-electron chi connectivity index (χ1n) is 5.67. The van der Waals surface area contributed by atoms with Crippen LogP contribution in [-0.4, -0.2) is 33.6 Å². The molecule has 0 aliphatic carbocycles. The maximum atomic E-state index is 11.3. The Balaban J connectivity index is 2.22. The van der Waals surface area contributed by atoms with E-state index in [1.807, 2.05) is 18.2 Å². The average Bonchev–Trinajstić information content (AvgIpc) is 2.50. The molecule has 18 heavy (non-hydrogen) atoms. The highest BCUT2D eigenvalue weighted by Crippen LogP contribution is 2.34. The number of hydrogen-bond acceptors (Lipinski definition) is 4. The minimum atomic E-state index is -3.02. The fraction of sp³-hybridized carbons (Fsp3) is 0.500. The monoisotopic (exact) mass is 334 g/mol. The van der Waals surface area contributed by atoms with Gasteiger partial charge in [-0.25, -0.2) is 8.42 Å². The van der Waals surface area contributed by atoms with E-state index in [-0.39, 0.29) is 10.6 Å². The predicted octanol–water partition coefficient (Wildman–Crippen LogP) is 2.33. The van der Waals surface area contributed by atoms with E-state index in [0.717, 1.165) is 17.7 Å². The molecular weight excluding hydrogens is 320 g/mol. The highest BCUT2D eigenvalue weighted by Gasteiger charge is 2.17. The maximum absolute atomic E-state index is 11.3. The summed E-state index contributed by atoms with van der Waals surface area (Å²) in [7, 11) is -3.02. The van der Waals surface area contributed by atoms with E-state index >= 15 is 0 Å². The molecule has 100 valence electrons. The van der Waals surface area contributed by atoms with Crippen LogP contribution in [0.2, 0.25) is 0 Å². The molecule has 0 amide bonds. The molecule has 0 spiro atoms. The number of sulfone groups is 1. The van der Waals surface area contributed by atoms with E-state index in [2.05, 4.69) is 15.9 Å². The number of hydrogen-bond donors (Lipinski definition) is 0. The van der Waals surface area contributed by atoms with Gasteiger partial charge in [-0.05, 0) is 17.7 Å². The molecule has 0 N–H and O–H groups in total. The summed E-state index contributed by atoms with van der Waals surface area (Å²) in [4.78, 5) is -0.232. The van der Waals surface area contributed by atoms with Crippen molar-refractivity contribution in [3.05, 3.63) is 23.8 Å². The van der Waals surface area contributed by atoms with Gasteiger partial charge in [-0.1, -0.05) is 22.0 Å². The van der Waals surface area contributed by atoms with Crippen LogP contribution in [0.15, 0.2) is 18.2 Å². The molecule has 6 heteroatoms. The van der Waals surface area contributed by atoms with Crippen LogP contribution < -0.4 is 9.47 Å². The van der Waals surface area contributed by atoms with Gasteiger partial charge in [0.15, 0.2) is 11.5 Å². The van der Waals surface area contributed by atoms with Gasteiger partial charge in [0.1, 0.15) is 9.84 Å². The van der Waals surface area contributed by atoms with Gasteiger partial charge >= 0.3 is 0 Å². The summed E-state index contributed by atoms with van der Waals surface area (Å²) in [5.41, 5.74) is 0.879. The number of alkyl halides is 1. The van der Waals surface area contributed by atoms with Gasteiger partial charge in [-0.3, -0.25) is 0 Å². The second-order valence-electron chi connectivity index (χ2n) is 4.32. The van der Waals surface area contributed by atoms with Crippen molar-refractivity contribution in [2.45, 2.75) is 11.2 Å². The van der Waals surface area contributed by atoms with Crippen molar-refractivity contribution in [2.24, 2.45) is 0 Å². The summed E-state index contributed by atoms with van der Waals surface area (Å²) >= 11 is 3.39. The summed E-state index contributed by atoms with van der Waals surface area (Å²) in [5.74, 6) is 1.46. The van der Waals surface area contributed by atoms with Gasteiger partial charge in [0.2, 0.25) is 0 Å². The van der Waals surface area contributed by atoms with Crippen molar-refractivity contribution in [2.75, 3.05) is 25.2 Å². The molecule has 1 aromatic carbocycles. The maximum Gasteiger partial charge on any atom is 0.161 e. The minimum Gasteiger partial charge on any atom is -0.490 e. The summed E-state index contributed by atoms with van der Waals surface area (Å²) in [6, 6.07) is 5.52. The van der Waals surface area contributed by atoms with Crippen LogP contribution in [0, 0.1) is 0 Å². The molecule has 1 aliphatic heterocycles. The Kier molecular flexibility index (Phi) is 4.17. The van der Waals surface area contributed by atoms with Gasteiger partial charge in [0, 0.05) is 12.7 Å². The molecule has 0 radical (unpaired) electrons. The third-order valence-electron chi connectivity index (χ3n) is 2.58. The SMILES string of the molecule is CS(=O)(=O)CC(Br)c1ccc2c(c1)OCCCO2. The van der Waals surface area contributed by atoms with Crippen LogP contribution in [0.25, 0.3) is 0 Å². The van der Waals surface area contributed by atoms with Crippen LogP contribution in [0.1, 0.15) is 16.8 Å². The van der Waals surface area contributed by atoms with E-state index in [1.54, 1.807) is 0 Å². The number of ether oxygens (including phenoxy) is 2. The first kappa shape index (κ1) is 13.7. The van der Waals surface area contributed by atoms with Crippen molar-refractivity contribution in [1.29, 1.82) is 0 Å². The first-order valence-corrected chi connectivity index (χ1v) is 8.65. The summed E-state index contributed by atoms with van der Waals surface area (Å²) in [6.07, 6.45) is 2.08. The Morgan fingerprint density at radius 1 is 1.28 bits per heavy atom. The Bertz CT molecular complexity index is 527. The predicted molar refractivity (Wildman–Crippen MR) is 73.4 cm³/mol. The number of halogens is 1. The second kappa shape index (κ2) is 5.48. The minimum absolute atomic E-state index is 0.0621. The van der Waals surface area contributed by atoms with Crippen LogP contribution >= 0.6 is 15.9 Å². The number of fused-ring (bicyclic) bond motifs is 1. The highest BCUT2D eigenvalue weighted by atomic mass is 79.9. The van der Waals surface area contributed by atoms with Crippen LogP contribution in [0.4, 0.5) is 0 Å². The van der Waals surface area contributed by atoms with E-state index in [4.69, 9.17) is 9.47 Å². The van der Waals surface area contributed by atoms with Crippen molar-refractivity contribution in [1.82, 2.24) is 0 Å². The third kappa shape index (κ3) is 3.62. The van der Waals surface area contributed by atoms with E-state index in [1.165, 1.54) is 6.26 Å². The topological polar surface area (TPSA) is 52.6 Å². The normalized spacial score (nSPS) is 17.0. The van der Waals surface area contributed by atoms with Gasteiger partial charge in [-0.2, -0.15) is 0 Å². The molecule has 1 aliphatic rings. The van der Waals surface area contributed by atoms with Gasteiger partial charge in [-0.15, -0.1) is 0 Å². The molecule has 0 aromatic heterocycles. The molecule has 0 saturated carbocycles. The largest absolute Gasteiger partial charge is 0.490 e. The zero-order chi connectivity index (χ0) is 13.2. The van der Waals surface area contributed by atoms with Gasteiger partial charge < -0.3 is 9.47 Å². The lowest BCUT2D eigenvalue weighted by molar-refractivity contribution is 0.297. The molecule has 0 bridgehead atoms. The summed E-state index contributed by atoms with van der Waals surface area (Å²) < 4.78 is 33.6. The lowest BCUT2D eigenvalue weighted by Gasteiger charge is -2.12. The van der Waals surface area contributed by atoms with Crippen molar-refractivity contribution < 1.29 is 17.9 Å². The first-order chi connectivity index (χ1) is 8.46. The fourth-order valence-corrected chi connectivity index (χ4v) is 4.19. The molecule has 4 nitrogen and oxygen atoms in total. The molecule has 1 unspecified atom stereocenters. The highest BCUT2D eigenvalue weighted by molar-refractivity contribution is 9.09. The second-order valence-corrected chi connectivity index (χ2v) is 7.61. The molecule has 1 aromatic rings. The van der Waals surface area contributed by atoms with Crippen LogP contribution in [-0.2, 0) is 9.84 Å². The average molecular weight is 335 g/mol. The molecule has 2 rings (SSSR count). The fourth-order valence-electron chi connectivity index (χ4n) is 1.74. The van der Waals surface area contributed by atoms with E-state index in [0.29, 0.717) is 19.0 Å². The van der Waals surface area contributed by atoms with Crippen molar-refractivity contribution in [3.63, 3.8) is 0 Å². The van der Waals surface area contributed by atoms with Gasteiger partial charge in [0.25, 0.3) is 0 Å². The van der Waals surface area contributed by atoms with Crippen LogP contribution in [0.3, 0.4) is 0 Å². The van der Waals surface area contributed by atoms with E-state index in [9.17, 15) is 8.42 Å². The third-order valence-corrected chi connectivity index (χ3v) is 4.80. The van der Waals surface area contributed by atoms with Crippen LogP contribution in [0.5, 0.6) is 11.5 Å². The molecule has 1 heterocycles. The number of rotatable bonds is 3.